The lowest BCUT2D eigenvalue weighted by molar-refractivity contribution is -0.116. The van der Waals surface area contributed by atoms with E-state index in [1.807, 2.05) is 37.3 Å². The van der Waals surface area contributed by atoms with Gasteiger partial charge in [-0.15, -0.1) is 0 Å². The first-order valence-electron chi connectivity index (χ1n) is 7.96. The average molecular weight is 340 g/mol. The van der Waals surface area contributed by atoms with Gasteiger partial charge in [-0.3, -0.25) is 14.9 Å². The number of Topliss-reactive ketones (excluding diaryl/α,β-unsaturated/α-hetero) is 1. The summed E-state index contributed by atoms with van der Waals surface area (Å²) in [4.78, 5) is 23.6. The largest absolute Gasteiger partial charge is 0.493 e. The van der Waals surface area contributed by atoms with Gasteiger partial charge < -0.3 is 9.15 Å². The molecule has 0 aliphatic rings. The average Bonchev–Trinajstić information content (AvgIpc) is 2.88. The summed E-state index contributed by atoms with van der Waals surface area (Å²) in [6.07, 6.45) is 0.729. The second kappa shape index (κ2) is 8.15. The molecule has 0 saturated heterocycles. The van der Waals surface area contributed by atoms with Gasteiger partial charge in [0.2, 0.25) is 11.8 Å². The van der Waals surface area contributed by atoms with E-state index in [9.17, 15) is 14.9 Å². The Morgan fingerprint density at radius 2 is 2.00 bits per heavy atom. The van der Waals surface area contributed by atoms with Gasteiger partial charge in [0.1, 0.15) is 23.1 Å². The molecule has 2 aromatic rings. The molecule has 0 aliphatic heterocycles. The molecule has 1 aromatic carbocycles. The van der Waals surface area contributed by atoms with E-state index in [4.69, 9.17) is 9.15 Å². The number of benzene rings is 1. The molecule has 0 atom stereocenters. The highest BCUT2D eigenvalue weighted by atomic mass is 16.5. The Bertz CT molecular complexity index is 830. The first kappa shape index (κ1) is 18.3. The highest BCUT2D eigenvalue weighted by Crippen LogP contribution is 2.27. The van der Waals surface area contributed by atoms with E-state index in [-0.39, 0.29) is 35.1 Å². The molecule has 0 aliphatic carbocycles. The van der Waals surface area contributed by atoms with Crippen LogP contribution in [0.3, 0.4) is 0 Å². The molecule has 0 fully saturated rings. The molecule has 1 amide bonds. The predicted octanol–water partition coefficient (Wildman–Crippen LogP) is 3.77. The number of carbonyl (C=O) groups is 2. The number of rotatable bonds is 7. The Balaban J connectivity index is 1.89. The van der Waals surface area contributed by atoms with Crippen LogP contribution in [0.1, 0.15) is 47.0 Å². The molecule has 0 spiro atoms. The number of nitrogens with one attached hydrogen (secondary N) is 1. The van der Waals surface area contributed by atoms with Crippen LogP contribution in [0.2, 0.25) is 0 Å². The van der Waals surface area contributed by atoms with Crippen LogP contribution in [0.15, 0.2) is 28.7 Å². The third-order valence-electron chi connectivity index (χ3n) is 3.70. The lowest BCUT2D eigenvalue weighted by atomic mass is 10.1. The summed E-state index contributed by atoms with van der Waals surface area (Å²) >= 11 is 0. The lowest BCUT2D eigenvalue weighted by Gasteiger charge is -2.08. The van der Waals surface area contributed by atoms with E-state index < -0.39 is 0 Å². The van der Waals surface area contributed by atoms with Crippen molar-refractivity contribution in [2.75, 3.05) is 11.9 Å². The zero-order chi connectivity index (χ0) is 18.4. The van der Waals surface area contributed by atoms with Gasteiger partial charge in [-0.1, -0.05) is 18.2 Å². The maximum Gasteiger partial charge on any atom is 0.226 e. The second-order valence-electron chi connectivity index (χ2n) is 5.67. The first-order chi connectivity index (χ1) is 11.9. The fourth-order valence-electron chi connectivity index (χ4n) is 2.49. The van der Waals surface area contributed by atoms with Crippen molar-refractivity contribution in [2.24, 2.45) is 0 Å². The van der Waals surface area contributed by atoms with Crippen LogP contribution in [0.4, 0.5) is 5.88 Å². The topological polar surface area (TPSA) is 92.3 Å². The van der Waals surface area contributed by atoms with Crippen molar-refractivity contribution in [3.8, 4) is 11.8 Å². The normalized spacial score (nSPS) is 10.2. The third kappa shape index (κ3) is 4.48. The molecule has 1 heterocycles. The van der Waals surface area contributed by atoms with Crippen molar-refractivity contribution >= 4 is 17.6 Å². The van der Waals surface area contributed by atoms with E-state index in [1.54, 1.807) is 6.92 Å². The van der Waals surface area contributed by atoms with Crippen LogP contribution in [0, 0.1) is 25.2 Å². The Morgan fingerprint density at radius 1 is 1.28 bits per heavy atom. The Kier molecular flexibility index (Phi) is 5.96. The van der Waals surface area contributed by atoms with Gasteiger partial charge in [0.15, 0.2) is 5.78 Å². The van der Waals surface area contributed by atoms with Crippen LogP contribution in [0.25, 0.3) is 0 Å². The minimum atomic E-state index is -0.297. The molecule has 1 aromatic heterocycles. The number of ketones is 1. The molecule has 6 nitrogen and oxygen atoms in total. The van der Waals surface area contributed by atoms with Gasteiger partial charge in [0.05, 0.1) is 12.2 Å². The molecule has 0 unspecified atom stereocenters. The summed E-state index contributed by atoms with van der Waals surface area (Å²) in [5, 5.41) is 11.8. The number of aryl methyl sites for hydroxylation is 2. The SMILES string of the molecule is CC(=O)c1c(C)oc(NC(=O)CCCOc2ccccc2C)c1C#N. The van der Waals surface area contributed by atoms with Crippen molar-refractivity contribution < 1.29 is 18.7 Å². The van der Waals surface area contributed by atoms with Gasteiger partial charge in [-0.05, 0) is 38.8 Å². The van der Waals surface area contributed by atoms with Crippen molar-refractivity contribution in [2.45, 2.75) is 33.6 Å². The van der Waals surface area contributed by atoms with Gasteiger partial charge in [0, 0.05) is 6.42 Å². The number of nitriles is 1. The molecule has 0 radical (unpaired) electrons. The van der Waals surface area contributed by atoms with Crippen LogP contribution in [-0.4, -0.2) is 18.3 Å². The van der Waals surface area contributed by atoms with Gasteiger partial charge >= 0.3 is 0 Å². The minimum absolute atomic E-state index is 0.0232. The maximum atomic E-state index is 12.0. The highest BCUT2D eigenvalue weighted by Gasteiger charge is 2.22. The zero-order valence-electron chi connectivity index (χ0n) is 14.5. The fraction of sp³-hybridized carbons (Fsp3) is 0.316. The Labute approximate surface area is 146 Å². The standard InChI is InChI=1S/C19H20N2O4/c1-12-7-4-5-8-16(12)24-10-6-9-17(23)21-19-15(11-20)18(13(2)22)14(3)25-19/h4-5,7-8H,6,9-10H2,1-3H3,(H,21,23). The van der Waals surface area contributed by atoms with Crippen LogP contribution >= 0.6 is 0 Å². The molecule has 1 N–H and O–H groups in total. The monoisotopic (exact) mass is 340 g/mol. The maximum absolute atomic E-state index is 12.0. The number of ether oxygens (including phenoxy) is 1. The molecular formula is C19H20N2O4. The highest BCUT2D eigenvalue weighted by molar-refractivity contribution is 6.00. The summed E-state index contributed by atoms with van der Waals surface area (Å²) in [6, 6.07) is 9.57. The van der Waals surface area contributed by atoms with E-state index in [1.165, 1.54) is 6.92 Å². The number of hydrogen-bond donors (Lipinski definition) is 1. The molecular weight excluding hydrogens is 320 g/mol. The molecule has 130 valence electrons. The molecule has 2 rings (SSSR count). The van der Waals surface area contributed by atoms with Gasteiger partial charge in [0.25, 0.3) is 0 Å². The number of furan rings is 1. The lowest BCUT2D eigenvalue weighted by Crippen LogP contribution is -2.13. The third-order valence-corrected chi connectivity index (χ3v) is 3.70. The second-order valence-corrected chi connectivity index (χ2v) is 5.67. The van der Waals surface area contributed by atoms with E-state index in [0.717, 1.165) is 11.3 Å². The van der Waals surface area contributed by atoms with Gasteiger partial charge in [-0.2, -0.15) is 5.26 Å². The molecule has 6 heteroatoms. The number of carbonyl (C=O) groups excluding carboxylic acids is 2. The van der Waals surface area contributed by atoms with Crippen molar-refractivity contribution in [1.29, 1.82) is 5.26 Å². The van der Waals surface area contributed by atoms with Gasteiger partial charge in [-0.25, -0.2) is 0 Å². The van der Waals surface area contributed by atoms with E-state index >= 15 is 0 Å². The van der Waals surface area contributed by atoms with Crippen molar-refractivity contribution in [3.63, 3.8) is 0 Å². The van der Waals surface area contributed by atoms with Crippen molar-refractivity contribution in [1.82, 2.24) is 0 Å². The number of anilines is 1. The summed E-state index contributed by atoms with van der Waals surface area (Å²) < 4.78 is 11.0. The van der Waals surface area contributed by atoms with Crippen molar-refractivity contribution in [3.05, 3.63) is 46.7 Å². The van der Waals surface area contributed by atoms with E-state index in [0.29, 0.717) is 18.8 Å². The van der Waals surface area contributed by atoms with E-state index in [2.05, 4.69) is 5.32 Å². The number of nitrogens with zero attached hydrogens (tertiary/aromatic N) is 1. The first-order valence-corrected chi connectivity index (χ1v) is 7.96. The zero-order valence-corrected chi connectivity index (χ0v) is 14.5. The summed E-state index contributed by atoms with van der Waals surface area (Å²) in [7, 11) is 0. The summed E-state index contributed by atoms with van der Waals surface area (Å²) in [6.45, 7) is 5.30. The smallest absolute Gasteiger partial charge is 0.226 e. The van der Waals surface area contributed by atoms with Crippen LogP contribution in [0.5, 0.6) is 5.75 Å². The van der Waals surface area contributed by atoms with Crippen LogP contribution < -0.4 is 10.1 Å². The fourth-order valence-corrected chi connectivity index (χ4v) is 2.49. The summed E-state index contributed by atoms with van der Waals surface area (Å²) in [5.74, 6) is 0.568. The quantitative estimate of drug-likeness (QED) is 0.612. The number of hydrogen-bond acceptors (Lipinski definition) is 5. The number of amides is 1. The predicted molar refractivity (Wildman–Crippen MR) is 92.7 cm³/mol. The molecule has 0 saturated carbocycles. The Morgan fingerprint density at radius 3 is 2.64 bits per heavy atom. The molecule has 25 heavy (non-hydrogen) atoms. The summed E-state index contributed by atoms with van der Waals surface area (Å²) in [5.41, 5.74) is 1.31. The minimum Gasteiger partial charge on any atom is -0.493 e. The van der Waals surface area contributed by atoms with Crippen LogP contribution in [-0.2, 0) is 4.79 Å². The Hall–Kier alpha value is -3.07. The molecule has 0 bridgehead atoms. The number of para-hydroxylation sites is 1.